The number of carbonyl (C=O) groups excluding carboxylic acids is 1. The zero-order valence-electron chi connectivity index (χ0n) is 11.4. The van der Waals surface area contributed by atoms with Crippen molar-refractivity contribution in [1.82, 2.24) is 19.7 Å². The number of nitrogens with zero attached hydrogens (tertiary/aromatic N) is 4. The quantitative estimate of drug-likeness (QED) is 0.412. The summed E-state index contributed by atoms with van der Waals surface area (Å²) in [6, 6.07) is 7.33. The van der Waals surface area contributed by atoms with Gasteiger partial charge in [0.25, 0.3) is 5.91 Å². The van der Waals surface area contributed by atoms with E-state index < -0.39 is 0 Å². The third-order valence-electron chi connectivity index (χ3n) is 3.00. The number of aryl methyl sites for hydroxylation is 1. The van der Waals surface area contributed by atoms with Crippen molar-refractivity contribution in [2.45, 2.75) is 12.1 Å². The minimum absolute atomic E-state index is 0.240. The average Bonchev–Trinajstić information content (AvgIpc) is 2.90. The molecule has 3 rings (SSSR count). The third kappa shape index (κ3) is 2.52. The zero-order chi connectivity index (χ0) is 15.0. The molecule has 7 heteroatoms. The second-order valence-corrected chi connectivity index (χ2v) is 5.60. The van der Waals surface area contributed by atoms with Gasteiger partial charge in [0.05, 0.1) is 11.6 Å². The van der Waals surface area contributed by atoms with E-state index >= 15 is 0 Å². The van der Waals surface area contributed by atoms with Gasteiger partial charge in [-0.25, -0.2) is 9.97 Å². The Balaban J connectivity index is 2.16. The first-order valence-corrected chi connectivity index (χ1v) is 7.77. The highest BCUT2D eigenvalue weighted by Crippen LogP contribution is 2.23. The van der Waals surface area contributed by atoms with Gasteiger partial charge in [-0.3, -0.25) is 4.79 Å². The molecule has 3 aromatic rings. The number of aromatic nitrogens is 4. The van der Waals surface area contributed by atoms with E-state index in [1.54, 1.807) is 6.07 Å². The van der Waals surface area contributed by atoms with E-state index in [-0.39, 0.29) is 5.91 Å². The van der Waals surface area contributed by atoms with Crippen LogP contribution in [0.4, 0.5) is 0 Å². The fraction of sp³-hybridized carbons (Fsp3) is 0.143. The monoisotopic (exact) mass is 318 g/mol. The van der Waals surface area contributed by atoms with Crippen LogP contribution in [0.25, 0.3) is 11.0 Å². The molecule has 2 aromatic heterocycles. The van der Waals surface area contributed by atoms with Crippen molar-refractivity contribution >= 4 is 40.3 Å². The molecule has 0 bridgehead atoms. The van der Waals surface area contributed by atoms with Crippen molar-refractivity contribution in [2.75, 3.05) is 6.26 Å². The molecular weight excluding hydrogens is 308 g/mol. The summed E-state index contributed by atoms with van der Waals surface area (Å²) in [4.78, 5) is 21.0. The predicted molar refractivity (Wildman–Crippen MR) is 83.0 cm³/mol. The summed E-state index contributed by atoms with van der Waals surface area (Å²) in [6.07, 6.45) is 3.36. The summed E-state index contributed by atoms with van der Waals surface area (Å²) in [7, 11) is 0. The Kier molecular flexibility index (Phi) is 3.65. The molecular formula is C14H11ClN4OS. The van der Waals surface area contributed by atoms with Gasteiger partial charge in [-0.15, -0.1) is 0 Å². The Labute approximate surface area is 130 Å². The van der Waals surface area contributed by atoms with Crippen LogP contribution in [0.3, 0.4) is 0 Å². The highest BCUT2D eigenvalue weighted by atomic mass is 35.5. The Morgan fingerprint density at radius 2 is 2.14 bits per heavy atom. The summed E-state index contributed by atoms with van der Waals surface area (Å²) >= 11 is 7.46. The van der Waals surface area contributed by atoms with Crippen LogP contribution in [-0.4, -0.2) is 31.9 Å². The normalized spacial score (nSPS) is 11.0. The molecule has 0 saturated carbocycles. The van der Waals surface area contributed by atoms with Crippen molar-refractivity contribution < 1.29 is 4.79 Å². The standard InChI is InChI=1S/C14H11ClN4OS/c1-8-4-3-5-9(6-8)13(20)19-12-10(7-16-19)11(15)17-14(18-12)21-2/h3-7H,1-2H3. The average molecular weight is 319 g/mol. The van der Waals surface area contributed by atoms with Crippen molar-refractivity contribution in [2.24, 2.45) is 0 Å². The topological polar surface area (TPSA) is 60.7 Å². The van der Waals surface area contributed by atoms with E-state index in [0.29, 0.717) is 26.9 Å². The van der Waals surface area contributed by atoms with E-state index in [9.17, 15) is 4.79 Å². The number of fused-ring (bicyclic) bond motifs is 1. The maximum absolute atomic E-state index is 12.6. The van der Waals surface area contributed by atoms with Gasteiger partial charge in [0.2, 0.25) is 0 Å². The molecule has 0 saturated heterocycles. The number of rotatable bonds is 2. The van der Waals surface area contributed by atoms with Crippen molar-refractivity contribution in [1.29, 1.82) is 0 Å². The molecule has 0 N–H and O–H groups in total. The minimum atomic E-state index is -0.240. The number of benzene rings is 1. The van der Waals surface area contributed by atoms with Gasteiger partial charge in [0.1, 0.15) is 5.15 Å². The second kappa shape index (κ2) is 5.46. The van der Waals surface area contributed by atoms with Crippen LogP contribution in [0.2, 0.25) is 5.15 Å². The Morgan fingerprint density at radius 3 is 2.86 bits per heavy atom. The molecule has 0 spiro atoms. The summed E-state index contributed by atoms with van der Waals surface area (Å²) in [5.74, 6) is -0.240. The third-order valence-corrected chi connectivity index (χ3v) is 3.84. The van der Waals surface area contributed by atoms with Crippen molar-refractivity contribution in [3.8, 4) is 0 Å². The molecule has 0 fully saturated rings. The van der Waals surface area contributed by atoms with Crippen molar-refractivity contribution in [3.63, 3.8) is 0 Å². The summed E-state index contributed by atoms with van der Waals surface area (Å²) < 4.78 is 1.26. The lowest BCUT2D eigenvalue weighted by atomic mass is 10.1. The van der Waals surface area contributed by atoms with Crippen LogP contribution in [0.1, 0.15) is 15.9 Å². The number of carbonyl (C=O) groups is 1. The van der Waals surface area contributed by atoms with Gasteiger partial charge in [0, 0.05) is 5.56 Å². The van der Waals surface area contributed by atoms with Gasteiger partial charge in [-0.1, -0.05) is 41.1 Å². The molecule has 106 valence electrons. The largest absolute Gasteiger partial charge is 0.280 e. The molecule has 0 atom stereocenters. The van der Waals surface area contributed by atoms with Crippen LogP contribution in [0.5, 0.6) is 0 Å². The maximum Gasteiger partial charge on any atom is 0.280 e. The van der Waals surface area contributed by atoms with Crippen LogP contribution in [0, 0.1) is 6.92 Å². The van der Waals surface area contributed by atoms with E-state index in [2.05, 4.69) is 15.1 Å². The molecule has 5 nitrogen and oxygen atoms in total. The zero-order valence-corrected chi connectivity index (χ0v) is 12.9. The van der Waals surface area contributed by atoms with Crippen LogP contribution >= 0.6 is 23.4 Å². The van der Waals surface area contributed by atoms with Crippen LogP contribution in [0.15, 0.2) is 35.6 Å². The van der Waals surface area contributed by atoms with Gasteiger partial charge >= 0.3 is 0 Å². The fourth-order valence-electron chi connectivity index (χ4n) is 2.00. The fourth-order valence-corrected chi connectivity index (χ4v) is 2.62. The predicted octanol–water partition coefficient (Wildman–Crippen LogP) is 3.20. The van der Waals surface area contributed by atoms with E-state index in [1.807, 2.05) is 31.4 Å². The summed E-state index contributed by atoms with van der Waals surface area (Å²) in [5, 5.41) is 5.48. The molecule has 0 amide bonds. The van der Waals surface area contributed by atoms with Crippen LogP contribution in [-0.2, 0) is 0 Å². The molecule has 2 heterocycles. The minimum Gasteiger partial charge on any atom is -0.267 e. The van der Waals surface area contributed by atoms with Gasteiger partial charge in [-0.05, 0) is 25.3 Å². The second-order valence-electron chi connectivity index (χ2n) is 4.47. The molecule has 1 aromatic carbocycles. The lowest BCUT2D eigenvalue weighted by Crippen LogP contribution is -2.14. The Bertz CT molecular complexity index is 846. The molecule has 0 radical (unpaired) electrons. The SMILES string of the molecule is CSc1nc(Cl)c2cnn(C(=O)c3cccc(C)c3)c2n1. The highest BCUT2D eigenvalue weighted by Gasteiger charge is 2.17. The highest BCUT2D eigenvalue weighted by molar-refractivity contribution is 7.98. The van der Waals surface area contributed by atoms with E-state index in [1.165, 1.54) is 22.6 Å². The van der Waals surface area contributed by atoms with E-state index in [0.717, 1.165) is 5.56 Å². The first-order chi connectivity index (χ1) is 10.1. The molecule has 0 aliphatic rings. The molecule has 0 aliphatic carbocycles. The van der Waals surface area contributed by atoms with Crippen LogP contribution < -0.4 is 0 Å². The number of thioether (sulfide) groups is 1. The van der Waals surface area contributed by atoms with Gasteiger partial charge in [0.15, 0.2) is 10.8 Å². The lowest BCUT2D eigenvalue weighted by molar-refractivity contribution is 0.0949. The van der Waals surface area contributed by atoms with Gasteiger partial charge in [-0.2, -0.15) is 9.78 Å². The smallest absolute Gasteiger partial charge is 0.267 e. The maximum atomic E-state index is 12.6. The molecule has 0 aliphatic heterocycles. The first-order valence-electron chi connectivity index (χ1n) is 6.17. The number of hydrogen-bond donors (Lipinski definition) is 0. The Hall–Kier alpha value is -1.92. The van der Waals surface area contributed by atoms with Gasteiger partial charge < -0.3 is 0 Å². The van der Waals surface area contributed by atoms with E-state index in [4.69, 9.17) is 11.6 Å². The summed E-state index contributed by atoms with van der Waals surface area (Å²) in [5.41, 5.74) is 1.99. The number of hydrogen-bond acceptors (Lipinski definition) is 5. The molecule has 21 heavy (non-hydrogen) atoms. The Morgan fingerprint density at radius 1 is 1.33 bits per heavy atom. The lowest BCUT2D eigenvalue weighted by Gasteiger charge is -2.04. The first kappa shape index (κ1) is 14.0. The number of halogens is 1. The van der Waals surface area contributed by atoms with Crippen molar-refractivity contribution in [3.05, 3.63) is 46.7 Å². The summed E-state index contributed by atoms with van der Waals surface area (Å²) in [6.45, 7) is 1.93. The molecule has 0 unspecified atom stereocenters.